The van der Waals surface area contributed by atoms with Crippen molar-refractivity contribution in [2.45, 2.75) is 238 Å². The number of ether oxygens (including phenoxy) is 2. The summed E-state index contributed by atoms with van der Waals surface area (Å²) in [6.45, 7) is 3.47. The monoisotopic (exact) mass is 1110 g/mol. The van der Waals surface area contributed by atoms with E-state index in [1.54, 1.807) is 0 Å². The predicted octanol–water partition coefficient (Wildman–Crippen LogP) is 20.1. The molecule has 0 heterocycles. The van der Waals surface area contributed by atoms with Gasteiger partial charge in [0.25, 0.3) is 0 Å². The second kappa shape index (κ2) is 62.8. The fourth-order valence-corrected chi connectivity index (χ4v) is 8.68. The summed E-state index contributed by atoms with van der Waals surface area (Å²) in [4.78, 5) is 35.2. The number of allylic oxidation sites excluding steroid dienone is 26. The number of carbonyl (C=O) groups excluding carboxylic acids is 2. The lowest BCUT2D eigenvalue weighted by molar-refractivity contribution is -0.161. The van der Waals surface area contributed by atoms with Crippen molar-refractivity contribution in [1.82, 2.24) is 0 Å². The number of phosphoric acid groups is 1. The van der Waals surface area contributed by atoms with Gasteiger partial charge in [0.2, 0.25) is 0 Å². The van der Waals surface area contributed by atoms with E-state index in [1.165, 1.54) is 64.2 Å². The molecule has 0 aromatic heterocycles. The van der Waals surface area contributed by atoms with Crippen LogP contribution in [0.4, 0.5) is 0 Å². The Bertz CT molecular complexity index is 1850. The second-order valence-corrected chi connectivity index (χ2v) is 21.3. The third-order valence-corrected chi connectivity index (χ3v) is 13.4. The minimum atomic E-state index is -4.40. The third kappa shape index (κ3) is 62.7. The van der Waals surface area contributed by atoms with E-state index in [2.05, 4.69) is 172 Å². The van der Waals surface area contributed by atoms with Crippen molar-refractivity contribution in [3.8, 4) is 0 Å². The van der Waals surface area contributed by atoms with Gasteiger partial charge in [0, 0.05) is 19.4 Å². The van der Waals surface area contributed by atoms with E-state index >= 15 is 0 Å². The molecular formula is C69H112NO8P. The van der Waals surface area contributed by atoms with Gasteiger partial charge in [-0.2, -0.15) is 0 Å². The van der Waals surface area contributed by atoms with Crippen LogP contribution in [0.3, 0.4) is 0 Å². The summed E-state index contributed by atoms with van der Waals surface area (Å²) in [6.07, 6.45) is 91.7. The lowest BCUT2D eigenvalue weighted by atomic mass is 10.0. The smallest absolute Gasteiger partial charge is 0.462 e. The van der Waals surface area contributed by atoms with Gasteiger partial charge in [-0.3, -0.25) is 18.6 Å². The average molecular weight is 1110 g/mol. The highest BCUT2D eigenvalue weighted by Crippen LogP contribution is 2.43. The highest BCUT2D eigenvalue weighted by molar-refractivity contribution is 7.47. The van der Waals surface area contributed by atoms with E-state index < -0.39 is 32.5 Å². The molecule has 0 saturated heterocycles. The fourth-order valence-electron chi connectivity index (χ4n) is 7.91. The van der Waals surface area contributed by atoms with Gasteiger partial charge in [0.05, 0.1) is 13.2 Å². The van der Waals surface area contributed by atoms with Gasteiger partial charge in [-0.1, -0.05) is 255 Å². The summed E-state index contributed by atoms with van der Waals surface area (Å²) in [5.74, 6) is -0.865. The van der Waals surface area contributed by atoms with Gasteiger partial charge < -0.3 is 20.1 Å². The van der Waals surface area contributed by atoms with E-state index in [0.29, 0.717) is 12.8 Å². The number of rotatable bonds is 56. The molecule has 0 spiro atoms. The molecule has 0 rings (SSSR count). The van der Waals surface area contributed by atoms with Crippen molar-refractivity contribution in [2.24, 2.45) is 5.73 Å². The molecular weight excluding hydrogens is 1000 g/mol. The van der Waals surface area contributed by atoms with E-state index in [9.17, 15) is 19.0 Å². The quantitative estimate of drug-likeness (QED) is 0.0264. The van der Waals surface area contributed by atoms with Crippen LogP contribution in [-0.2, 0) is 32.7 Å². The minimum absolute atomic E-state index is 0.0424. The van der Waals surface area contributed by atoms with Crippen LogP contribution in [-0.4, -0.2) is 49.3 Å². The molecule has 0 aromatic carbocycles. The molecule has 9 nitrogen and oxygen atoms in total. The third-order valence-electron chi connectivity index (χ3n) is 12.4. The van der Waals surface area contributed by atoms with Crippen LogP contribution in [0.1, 0.15) is 232 Å². The van der Waals surface area contributed by atoms with Gasteiger partial charge in [-0.15, -0.1) is 0 Å². The van der Waals surface area contributed by atoms with Gasteiger partial charge in [-0.05, 0) is 122 Å². The molecule has 79 heavy (non-hydrogen) atoms. The number of hydrogen-bond acceptors (Lipinski definition) is 8. The van der Waals surface area contributed by atoms with Crippen LogP contribution < -0.4 is 5.73 Å². The maximum Gasteiger partial charge on any atom is 0.472 e. The van der Waals surface area contributed by atoms with E-state index in [1.807, 2.05) is 0 Å². The first kappa shape index (κ1) is 74.6. The highest BCUT2D eigenvalue weighted by atomic mass is 31.2. The number of esters is 2. The van der Waals surface area contributed by atoms with Crippen molar-refractivity contribution >= 4 is 19.8 Å². The summed E-state index contributed by atoms with van der Waals surface area (Å²) >= 11 is 0. The normalized spacial score (nSPS) is 14.1. The first-order valence-corrected chi connectivity index (χ1v) is 32.5. The summed E-state index contributed by atoms with van der Waals surface area (Å²) in [5, 5.41) is 0. The SMILES string of the molecule is CC/C=C\C/C=C\C/C=C\C/C=C\C/C=C\C/C=C\C/C=C\C/C=C\C/C=C\CCCCCCCCCCCCCCCC(=O)OC(COC(=O)CCCCCC/C=C\C/C=C\C/C=C\C/C=C\CC)COP(=O)(O)OCCN. The van der Waals surface area contributed by atoms with Crippen LogP contribution in [0.15, 0.2) is 158 Å². The Hall–Kier alpha value is -4.37. The average Bonchev–Trinajstić information content (AvgIpc) is 3.44. The Morgan fingerprint density at radius 2 is 0.658 bits per heavy atom. The number of carbonyl (C=O) groups is 2. The standard InChI is InChI=1S/C69H112NO8P/c1-3-5-7-9-11-13-15-17-19-21-22-23-24-25-26-27-28-29-30-31-32-33-34-35-36-37-38-39-40-41-42-43-44-46-48-50-52-54-56-58-60-62-69(72)78-67(66-77-79(73,74)76-64-63-70)65-75-68(71)61-59-57-55-53-51-49-47-45-20-18-16-14-12-10-8-6-4-2/h5-8,11-14,17-20,22-23,25-26,28-29,31-32,34-35,37-38,47,49,67H,3-4,9-10,15-16,21,24,27,30,33,36,39-46,48,50-66,70H2,1-2H3,(H,73,74)/b7-5-,8-6-,13-11-,14-12-,19-17-,20-18-,23-22-,26-25-,29-28-,32-31-,35-34-,38-37-,49-47-. The molecule has 0 fully saturated rings. The molecule has 446 valence electrons. The molecule has 0 radical (unpaired) electrons. The lowest BCUT2D eigenvalue weighted by Crippen LogP contribution is -2.29. The zero-order chi connectivity index (χ0) is 57.3. The van der Waals surface area contributed by atoms with Crippen molar-refractivity contribution in [3.63, 3.8) is 0 Å². The largest absolute Gasteiger partial charge is 0.472 e. The lowest BCUT2D eigenvalue weighted by Gasteiger charge is -2.19. The molecule has 0 bridgehead atoms. The highest BCUT2D eigenvalue weighted by Gasteiger charge is 2.26. The Kier molecular flexibility index (Phi) is 59.3. The predicted molar refractivity (Wildman–Crippen MR) is 339 cm³/mol. The molecule has 10 heteroatoms. The molecule has 2 unspecified atom stereocenters. The van der Waals surface area contributed by atoms with Crippen LogP contribution in [0.5, 0.6) is 0 Å². The summed E-state index contributed by atoms with van der Waals surface area (Å²) in [5.41, 5.74) is 5.38. The van der Waals surface area contributed by atoms with Crippen molar-refractivity contribution < 1.29 is 37.6 Å². The minimum Gasteiger partial charge on any atom is -0.462 e. The maximum absolute atomic E-state index is 12.7. The first-order valence-electron chi connectivity index (χ1n) is 31.0. The number of nitrogens with two attached hydrogens (primary N) is 1. The Morgan fingerprint density at radius 1 is 0.380 bits per heavy atom. The molecule has 0 aliphatic heterocycles. The van der Waals surface area contributed by atoms with Gasteiger partial charge in [0.1, 0.15) is 6.61 Å². The number of unbranched alkanes of at least 4 members (excludes halogenated alkanes) is 17. The van der Waals surface area contributed by atoms with Crippen LogP contribution in [0.25, 0.3) is 0 Å². The summed E-state index contributed by atoms with van der Waals surface area (Å²) in [6, 6.07) is 0. The van der Waals surface area contributed by atoms with Crippen LogP contribution in [0, 0.1) is 0 Å². The molecule has 0 saturated carbocycles. The molecule has 3 N–H and O–H groups in total. The Labute approximate surface area is 483 Å². The van der Waals surface area contributed by atoms with Crippen LogP contribution >= 0.6 is 7.82 Å². The van der Waals surface area contributed by atoms with Gasteiger partial charge in [-0.25, -0.2) is 4.57 Å². The van der Waals surface area contributed by atoms with E-state index in [0.717, 1.165) is 128 Å². The van der Waals surface area contributed by atoms with E-state index in [-0.39, 0.29) is 32.6 Å². The molecule has 0 aliphatic carbocycles. The fraction of sp³-hybridized carbons (Fsp3) is 0.594. The van der Waals surface area contributed by atoms with Crippen molar-refractivity contribution in [1.29, 1.82) is 0 Å². The van der Waals surface area contributed by atoms with Crippen molar-refractivity contribution in [3.05, 3.63) is 158 Å². The summed E-state index contributed by atoms with van der Waals surface area (Å²) < 4.78 is 33.0. The maximum atomic E-state index is 12.7. The number of hydrogen-bond donors (Lipinski definition) is 2. The van der Waals surface area contributed by atoms with Crippen LogP contribution in [0.2, 0.25) is 0 Å². The molecule has 2 atom stereocenters. The van der Waals surface area contributed by atoms with Crippen molar-refractivity contribution in [2.75, 3.05) is 26.4 Å². The van der Waals surface area contributed by atoms with E-state index in [4.69, 9.17) is 24.3 Å². The zero-order valence-corrected chi connectivity index (χ0v) is 50.7. The molecule has 0 aromatic rings. The topological polar surface area (TPSA) is 134 Å². The zero-order valence-electron chi connectivity index (χ0n) is 49.8. The van der Waals surface area contributed by atoms with Gasteiger partial charge >= 0.3 is 19.8 Å². The summed E-state index contributed by atoms with van der Waals surface area (Å²) in [7, 11) is -4.40. The Balaban J connectivity index is 3.95. The molecule has 0 aliphatic rings. The Morgan fingerprint density at radius 3 is 0.975 bits per heavy atom. The first-order chi connectivity index (χ1) is 38.8. The molecule has 0 amide bonds. The second-order valence-electron chi connectivity index (χ2n) is 19.8. The van der Waals surface area contributed by atoms with Gasteiger partial charge in [0.15, 0.2) is 6.10 Å². The number of phosphoric ester groups is 1.